The third-order valence-electron chi connectivity index (χ3n) is 4.26. The van der Waals surface area contributed by atoms with Gasteiger partial charge in [-0.05, 0) is 43.7 Å². The van der Waals surface area contributed by atoms with Crippen molar-refractivity contribution in [1.29, 1.82) is 0 Å². The van der Waals surface area contributed by atoms with Gasteiger partial charge in [0.25, 0.3) is 5.91 Å². The first-order chi connectivity index (χ1) is 9.08. The maximum atomic E-state index is 12.2. The first-order valence-corrected chi connectivity index (χ1v) is 7.03. The average molecular weight is 261 g/mol. The fourth-order valence-electron chi connectivity index (χ4n) is 2.63. The molecule has 0 spiro atoms. The number of hydrogen-bond acceptors (Lipinski definition) is 3. The molecule has 1 aromatic heterocycles. The summed E-state index contributed by atoms with van der Waals surface area (Å²) in [6.45, 7) is 4.90. The van der Waals surface area contributed by atoms with E-state index in [0.29, 0.717) is 11.0 Å². The van der Waals surface area contributed by atoms with Gasteiger partial charge in [-0.1, -0.05) is 13.3 Å². The molecule has 1 aliphatic rings. The predicted octanol–water partition coefficient (Wildman–Crippen LogP) is 2.74. The maximum Gasteiger partial charge on any atom is 0.251 e. The van der Waals surface area contributed by atoms with E-state index in [9.17, 15) is 4.79 Å². The van der Waals surface area contributed by atoms with Crippen molar-refractivity contribution >= 4 is 11.7 Å². The Bertz CT molecular complexity index is 461. The molecule has 1 aromatic rings. The number of aryl methyl sites for hydroxylation is 1. The van der Waals surface area contributed by atoms with Crippen LogP contribution >= 0.6 is 0 Å². The summed E-state index contributed by atoms with van der Waals surface area (Å²) in [5, 5.41) is 6.05. The van der Waals surface area contributed by atoms with Gasteiger partial charge in [-0.15, -0.1) is 0 Å². The number of nitrogens with one attached hydrogen (secondary N) is 2. The van der Waals surface area contributed by atoms with Crippen LogP contribution in [0, 0.1) is 12.3 Å². The van der Waals surface area contributed by atoms with Crippen LogP contribution in [0.1, 0.15) is 48.7 Å². The Balaban J connectivity index is 2.01. The number of nitrogens with zero attached hydrogens (tertiary/aromatic N) is 1. The zero-order chi connectivity index (χ0) is 13.9. The van der Waals surface area contributed by atoms with Crippen LogP contribution in [0.4, 0.5) is 5.82 Å². The number of pyridine rings is 1. The summed E-state index contributed by atoms with van der Waals surface area (Å²) >= 11 is 0. The van der Waals surface area contributed by atoms with E-state index in [2.05, 4.69) is 22.5 Å². The summed E-state index contributed by atoms with van der Waals surface area (Å²) in [5.41, 5.74) is 1.89. The number of hydrogen-bond donors (Lipinski definition) is 2. The molecule has 1 saturated carbocycles. The molecule has 1 aliphatic carbocycles. The van der Waals surface area contributed by atoms with Crippen molar-refractivity contribution in [2.75, 3.05) is 18.9 Å². The molecule has 2 N–H and O–H groups in total. The Kier molecular flexibility index (Phi) is 4.08. The molecule has 19 heavy (non-hydrogen) atoms. The molecule has 0 unspecified atom stereocenters. The average Bonchev–Trinajstić information content (AvgIpc) is 2.37. The van der Waals surface area contributed by atoms with Gasteiger partial charge >= 0.3 is 0 Å². The van der Waals surface area contributed by atoms with Crippen LogP contribution in [-0.2, 0) is 0 Å². The zero-order valence-corrected chi connectivity index (χ0v) is 12.0. The van der Waals surface area contributed by atoms with Gasteiger partial charge in [0, 0.05) is 24.8 Å². The summed E-state index contributed by atoms with van der Waals surface area (Å²) < 4.78 is 0. The quantitative estimate of drug-likeness (QED) is 0.857. The van der Waals surface area contributed by atoms with Crippen LogP contribution in [0.5, 0.6) is 0 Å². The molecule has 104 valence electrons. The second-order valence-corrected chi connectivity index (χ2v) is 5.52. The molecular weight excluding hydrogens is 238 g/mol. The number of anilines is 1. The van der Waals surface area contributed by atoms with Crippen molar-refractivity contribution < 1.29 is 4.79 Å². The summed E-state index contributed by atoms with van der Waals surface area (Å²) in [5.74, 6) is 0.737. The highest BCUT2D eigenvalue weighted by atomic mass is 16.1. The molecule has 0 bridgehead atoms. The number of rotatable bonds is 5. The van der Waals surface area contributed by atoms with Crippen molar-refractivity contribution in [2.24, 2.45) is 5.41 Å². The SMILES string of the molecule is CCC1(CNC(=O)c2cc(C)nc(NC)c2)CCC1. The van der Waals surface area contributed by atoms with Crippen LogP contribution in [0.25, 0.3) is 0 Å². The minimum atomic E-state index is 0.00160. The molecule has 0 aliphatic heterocycles. The third-order valence-corrected chi connectivity index (χ3v) is 4.26. The summed E-state index contributed by atoms with van der Waals surface area (Å²) in [6, 6.07) is 3.62. The predicted molar refractivity (Wildman–Crippen MR) is 77.4 cm³/mol. The standard InChI is InChI=1S/C15H23N3O/c1-4-15(6-5-7-15)10-17-14(19)12-8-11(2)18-13(9-12)16-3/h8-9H,4-7,10H2,1-3H3,(H,16,18)(H,17,19). The number of aromatic nitrogens is 1. The minimum absolute atomic E-state index is 0.00160. The normalized spacial score (nSPS) is 16.6. The highest BCUT2D eigenvalue weighted by Gasteiger charge is 2.35. The van der Waals surface area contributed by atoms with E-state index in [1.807, 2.05) is 20.0 Å². The zero-order valence-electron chi connectivity index (χ0n) is 12.0. The van der Waals surface area contributed by atoms with Crippen LogP contribution < -0.4 is 10.6 Å². The lowest BCUT2D eigenvalue weighted by Crippen LogP contribution is -2.41. The van der Waals surface area contributed by atoms with E-state index in [0.717, 1.165) is 24.5 Å². The highest BCUT2D eigenvalue weighted by Crippen LogP contribution is 2.43. The number of carbonyl (C=O) groups excluding carboxylic acids is 1. The third kappa shape index (κ3) is 3.06. The summed E-state index contributed by atoms with van der Waals surface area (Å²) in [4.78, 5) is 16.5. The minimum Gasteiger partial charge on any atom is -0.373 e. The molecule has 0 saturated heterocycles. The van der Waals surface area contributed by atoms with Gasteiger partial charge in [-0.3, -0.25) is 4.79 Å². The molecule has 4 nitrogen and oxygen atoms in total. The van der Waals surface area contributed by atoms with E-state index in [1.54, 1.807) is 6.07 Å². The van der Waals surface area contributed by atoms with Gasteiger partial charge in [0.15, 0.2) is 0 Å². The monoisotopic (exact) mass is 261 g/mol. The first kappa shape index (κ1) is 13.8. The van der Waals surface area contributed by atoms with Gasteiger partial charge in [0.2, 0.25) is 0 Å². The molecule has 0 atom stereocenters. The van der Waals surface area contributed by atoms with Gasteiger partial charge in [-0.25, -0.2) is 4.98 Å². The van der Waals surface area contributed by atoms with Gasteiger partial charge in [0.1, 0.15) is 5.82 Å². The maximum absolute atomic E-state index is 12.2. The molecule has 0 radical (unpaired) electrons. The van der Waals surface area contributed by atoms with Crippen molar-refractivity contribution in [3.8, 4) is 0 Å². The Morgan fingerprint density at radius 1 is 1.42 bits per heavy atom. The second-order valence-electron chi connectivity index (χ2n) is 5.52. The van der Waals surface area contributed by atoms with Crippen LogP contribution in [0.2, 0.25) is 0 Å². The molecule has 0 aromatic carbocycles. The molecule has 1 heterocycles. The van der Waals surface area contributed by atoms with E-state index < -0.39 is 0 Å². The van der Waals surface area contributed by atoms with Gasteiger partial charge in [0.05, 0.1) is 0 Å². The molecule has 1 amide bonds. The van der Waals surface area contributed by atoms with E-state index in [1.165, 1.54) is 19.3 Å². The van der Waals surface area contributed by atoms with E-state index in [4.69, 9.17) is 0 Å². The second kappa shape index (κ2) is 5.59. The van der Waals surface area contributed by atoms with Crippen molar-refractivity contribution in [2.45, 2.75) is 39.5 Å². The van der Waals surface area contributed by atoms with Gasteiger partial charge in [-0.2, -0.15) is 0 Å². The largest absolute Gasteiger partial charge is 0.373 e. The lowest BCUT2D eigenvalue weighted by molar-refractivity contribution is 0.0850. The van der Waals surface area contributed by atoms with Crippen molar-refractivity contribution in [3.05, 3.63) is 23.4 Å². The Morgan fingerprint density at radius 2 is 2.16 bits per heavy atom. The molecule has 2 rings (SSSR count). The van der Waals surface area contributed by atoms with Crippen molar-refractivity contribution in [3.63, 3.8) is 0 Å². The van der Waals surface area contributed by atoms with Crippen LogP contribution in [0.3, 0.4) is 0 Å². The lowest BCUT2D eigenvalue weighted by atomic mass is 9.67. The number of amides is 1. The number of carbonyl (C=O) groups is 1. The first-order valence-electron chi connectivity index (χ1n) is 7.03. The molecule has 4 heteroatoms. The fourth-order valence-corrected chi connectivity index (χ4v) is 2.63. The lowest BCUT2D eigenvalue weighted by Gasteiger charge is -2.41. The highest BCUT2D eigenvalue weighted by molar-refractivity contribution is 5.95. The molecule has 1 fully saturated rings. The smallest absolute Gasteiger partial charge is 0.251 e. The Hall–Kier alpha value is -1.58. The van der Waals surface area contributed by atoms with Gasteiger partial charge < -0.3 is 10.6 Å². The topological polar surface area (TPSA) is 54.0 Å². The summed E-state index contributed by atoms with van der Waals surface area (Å²) in [6.07, 6.45) is 4.91. The Labute approximate surface area is 115 Å². The summed E-state index contributed by atoms with van der Waals surface area (Å²) in [7, 11) is 1.81. The van der Waals surface area contributed by atoms with E-state index in [-0.39, 0.29) is 5.91 Å². The Morgan fingerprint density at radius 3 is 2.68 bits per heavy atom. The van der Waals surface area contributed by atoms with Crippen LogP contribution in [0.15, 0.2) is 12.1 Å². The fraction of sp³-hybridized carbons (Fsp3) is 0.600. The van der Waals surface area contributed by atoms with E-state index >= 15 is 0 Å². The van der Waals surface area contributed by atoms with Crippen molar-refractivity contribution in [1.82, 2.24) is 10.3 Å². The molecular formula is C15H23N3O. The van der Waals surface area contributed by atoms with Crippen LogP contribution in [-0.4, -0.2) is 24.5 Å².